The third-order valence-electron chi connectivity index (χ3n) is 5.70. The van der Waals surface area contributed by atoms with Gasteiger partial charge in [-0.25, -0.2) is 9.97 Å². The zero-order chi connectivity index (χ0) is 17.8. The number of nitrogens with zero attached hydrogens (tertiary/aromatic N) is 5. The van der Waals surface area contributed by atoms with Crippen molar-refractivity contribution in [3.8, 4) is 5.82 Å². The molecule has 138 valence electrons. The quantitative estimate of drug-likeness (QED) is 0.829. The van der Waals surface area contributed by atoms with Crippen LogP contribution in [0, 0.1) is 5.92 Å². The van der Waals surface area contributed by atoms with Crippen LogP contribution < -0.4 is 4.90 Å². The molecule has 0 unspecified atom stereocenters. The number of rotatable bonds is 5. The second-order valence-corrected chi connectivity index (χ2v) is 7.38. The number of carbonyl (C=O) groups excluding carboxylic acids is 1. The molecule has 6 nitrogen and oxygen atoms in total. The van der Waals surface area contributed by atoms with Crippen LogP contribution in [0.4, 0.5) is 5.82 Å². The molecular formula is C20H27N5O. The SMILES string of the molecule is O=C(CCC1CCCC1)N1CCN(c2cc(-n3cccc3)ncn2)CC1. The van der Waals surface area contributed by atoms with Crippen molar-refractivity contribution >= 4 is 11.7 Å². The molecule has 0 aromatic carbocycles. The molecule has 1 saturated heterocycles. The zero-order valence-corrected chi connectivity index (χ0v) is 15.3. The molecule has 1 aliphatic heterocycles. The van der Waals surface area contributed by atoms with E-state index in [0.29, 0.717) is 5.91 Å². The first kappa shape index (κ1) is 17.1. The molecule has 0 spiro atoms. The molecule has 3 heterocycles. The highest BCUT2D eigenvalue weighted by Crippen LogP contribution is 2.28. The predicted molar refractivity (Wildman–Crippen MR) is 101 cm³/mol. The van der Waals surface area contributed by atoms with Gasteiger partial charge in [0.1, 0.15) is 18.0 Å². The summed E-state index contributed by atoms with van der Waals surface area (Å²) in [5.74, 6) is 2.91. The third kappa shape index (κ3) is 3.89. The molecular weight excluding hydrogens is 326 g/mol. The molecule has 2 fully saturated rings. The fraction of sp³-hybridized carbons (Fsp3) is 0.550. The van der Waals surface area contributed by atoms with Crippen molar-refractivity contribution in [1.29, 1.82) is 0 Å². The summed E-state index contributed by atoms with van der Waals surface area (Å²) < 4.78 is 1.98. The van der Waals surface area contributed by atoms with E-state index in [2.05, 4.69) is 14.9 Å². The van der Waals surface area contributed by atoms with Gasteiger partial charge in [-0.15, -0.1) is 0 Å². The molecule has 0 bridgehead atoms. The first-order valence-electron chi connectivity index (χ1n) is 9.78. The van der Waals surface area contributed by atoms with Gasteiger partial charge in [-0.3, -0.25) is 4.79 Å². The van der Waals surface area contributed by atoms with Crippen LogP contribution in [0.2, 0.25) is 0 Å². The van der Waals surface area contributed by atoms with Gasteiger partial charge < -0.3 is 14.4 Å². The zero-order valence-electron chi connectivity index (χ0n) is 15.3. The number of aromatic nitrogens is 3. The van der Waals surface area contributed by atoms with Crippen LogP contribution in [0.25, 0.3) is 5.82 Å². The van der Waals surface area contributed by atoms with Gasteiger partial charge in [-0.1, -0.05) is 25.7 Å². The van der Waals surface area contributed by atoms with Crippen LogP contribution in [-0.4, -0.2) is 51.5 Å². The second-order valence-electron chi connectivity index (χ2n) is 7.38. The fourth-order valence-corrected chi connectivity index (χ4v) is 4.11. The highest BCUT2D eigenvalue weighted by molar-refractivity contribution is 5.76. The van der Waals surface area contributed by atoms with Gasteiger partial charge in [0, 0.05) is 51.1 Å². The molecule has 26 heavy (non-hydrogen) atoms. The van der Waals surface area contributed by atoms with Crippen LogP contribution in [-0.2, 0) is 4.79 Å². The maximum atomic E-state index is 12.5. The van der Waals surface area contributed by atoms with Gasteiger partial charge >= 0.3 is 0 Å². The first-order chi connectivity index (χ1) is 12.8. The average molecular weight is 353 g/mol. The van der Waals surface area contributed by atoms with E-state index in [4.69, 9.17) is 0 Å². The molecule has 1 saturated carbocycles. The normalized spacial score (nSPS) is 18.5. The smallest absolute Gasteiger partial charge is 0.222 e. The Morgan fingerprint density at radius 3 is 2.42 bits per heavy atom. The molecule has 6 heteroatoms. The lowest BCUT2D eigenvalue weighted by Crippen LogP contribution is -2.49. The van der Waals surface area contributed by atoms with Crippen molar-refractivity contribution in [2.75, 3.05) is 31.1 Å². The predicted octanol–water partition coefficient (Wildman–Crippen LogP) is 2.89. The van der Waals surface area contributed by atoms with Gasteiger partial charge in [-0.2, -0.15) is 0 Å². The second kappa shape index (κ2) is 7.89. The van der Waals surface area contributed by atoms with Crippen LogP contribution in [0.3, 0.4) is 0 Å². The summed E-state index contributed by atoms with van der Waals surface area (Å²) in [5.41, 5.74) is 0. The van der Waals surface area contributed by atoms with E-state index in [9.17, 15) is 4.79 Å². The van der Waals surface area contributed by atoms with Crippen molar-refractivity contribution in [3.63, 3.8) is 0 Å². The number of anilines is 1. The summed E-state index contributed by atoms with van der Waals surface area (Å²) in [5, 5.41) is 0. The molecule has 2 aliphatic rings. The Kier molecular flexibility index (Phi) is 5.18. The van der Waals surface area contributed by atoms with Crippen LogP contribution >= 0.6 is 0 Å². The molecule has 2 aromatic heterocycles. The molecule has 2 aromatic rings. The van der Waals surface area contributed by atoms with Crippen molar-refractivity contribution in [1.82, 2.24) is 19.4 Å². The summed E-state index contributed by atoms with van der Waals surface area (Å²) in [6.45, 7) is 3.23. The Morgan fingerprint density at radius 2 is 1.69 bits per heavy atom. The van der Waals surface area contributed by atoms with Crippen molar-refractivity contribution in [2.24, 2.45) is 5.92 Å². The van der Waals surface area contributed by atoms with Crippen LogP contribution in [0.1, 0.15) is 38.5 Å². The Bertz CT molecular complexity index is 716. The van der Waals surface area contributed by atoms with E-state index in [1.54, 1.807) is 6.33 Å². The summed E-state index contributed by atoms with van der Waals surface area (Å²) >= 11 is 0. The molecule has 1 aliphatic carbocycles. The number of amides is 1. The Balaban J connectivity index is 1.30. The maximum Gasteiger partial charge on any atom is 0.222 e. The van der Waals surface area contributed by atoms with Gasteiger partial charge in [0.15, 0.2) is 0 Å². The Morgan fingerprint density at radius 1 is 1.00 bits per heavy atom. The molecule has 0 N–H and O–H groups in total. The molecule has 0 atom stereocenters. The summed E-state index contributed by atoms with van der Waals surface area (Å²) in [4.78, 5) is 25.5. The van der Waals surface area contributed by atoms with E-state index in [-0.39, 0.29) is 0 Å². The summed E-state index contributed by atoms with van der Waals surface area (Å²) in [6.07, 6.45) is 12.7. The van der Waals surface area contributed by atoms with Crippen LogP contribution in [0.5, 0.6) is 0 Å². The standard InChI is InChI=1S/C20H27N5O/c26-20(8-7-17-5-1-2-6-17)25-13-11-24(12-14-25)19-15-18(21-16-22-19)23-9-3-4-10-23/h3-4,9-10,15-17H,1-2,5-8,11-14H2. The van der Waals surface area contributed by atoms with Gasteiger partial charge in [0.05, 0.1) is 0 Å². The number of piperazine rings is 1. The minimum atomic E-state index is 0.326. The number of hydrogen-bond donors (Lipinski definition) is 0. The van der Waals surface area contributed by atoms with E-state index in [1.807, 2.05) is 40.1 Å². The lowest BCUT2D eigenvalue weighted by atomic mass is 10.0. The largest absolute Gasteiger partial charge is 0.353 e. The summed E-state index contributed by atoms with van der Waals surface area (Å²) in [6, 6.07) is 5.98. The highest BCUT2D eigenvalue weighted by Gasteiger charge is 2.23. The molecule has 1 amide bonds. The minimum absolute atomic E-state index is 0.326. The molecule has 0 radical (unpaired) electrons. The van der Waals surface area contributed by atoms with E-state index >= 15 is 0 Å². The lowest BCUT2D eigenvalue weighted by Gasteiger charge is -2.35. The maximum absolute atomic E-state index is 12.5. The minimum Gasteiger partial charge on any atom is -0.353 e. The van der Waals surface area contributed by atoms with E-state index < -0.39 is 0 Å². The average Bonchev–Trinajstić information content (AvgIpc) is 3.40. The van der Waals surface area contributed by atoms with E-state index in [1.165, 1.54) is 25.7 Å². The van der Waals surface area contributed by atoms with Crippen LogP contribution in [0.15, 0.2) is 36.9 Å². The fourth-order valence-electron chi connectivity index (χ4n) is 4.11. The monoisotopic (exact) mass is 353 g/mol. The number of carbonyl (C=O) groups is 1. The topological polar surface area (TPSA) is 54.3 Å². The van der Waals surface area contributed by atoms with Gasteiger partial charge in [-0.05, 0) is 24.5 Å². The van der Waals surface area contributed by atoms with Crippen molar-refractivity contribution in [3.05, 3.63) is 36.9 Å². The van der Waals surface area contributed by atoms with E-state index in [0.717, 1.165) is 56.6 Å². The van der Waals surface area contributed by atoms with Gasteiger partial charge in [0.2, 0.25) is 5.91 Å². The first-order valence-corrected chi connectivity index (χ1v) is 9.78. The lowest BCUT2D eigenvalue weighted by molar-refractivity contribution is -0.131. The third-order valence-corrected chi connectivity index (χ3v) is 5.70. The Labute approximate surface area is 154 Å². The number of hydrogen-bond acceptors (Lipinski definition) is 4. The van der Waals surface area contributed by atoms with Crippen molar-refractivity contribution in [2.45, 2.75) is 38.5 Å². The molecule has 4 rings (SSSR count). The van der Waals surface area contributed by atoms with Gasteiger partial charge in [0.25, 0.3) is 0 Å². The van der Waals surface area contributed by atoms with Crippen molar-refractivity contribution < 1.29 is 4.79 Å². The summed E-state index contributed by atoms with van der Waals surface area (Å²) in [7, 11) is 0. The highest BCUT2D eigenvalue weighted by atomic mass is 16.2. The Hall–Kier alpha value is -2.37.